The third-order valence-electron chi connectivity index (χ3n) is 4.00. The van der Waals surface area contributed by atoms with E-state index in [0.29, 0.717) is 14.2 Å². The molecule has 0 unspecified atom stereocenters. The Labute approximate surface area is 162 Å². The molecule has 0 radical (unpaired) electrons. The summed E-state index contributed by atoms with van der Waals surface area (Å²) in [5.74, 6) is -0.101. The number of amides is 1. The Morgan fingerprint density at radius 1 is 1.16 bits per heavy atom. The molecule has 5 heteroatoms. The van der Waals surface area contributed by atoms with Crippen molar-refractivity contribution in [2.45, 2.75) is 26.2 Å². The summed E-state index contributed by atoms with van der Waals surface area (Å²) in [5.41, 5.74) is 2.91. The molecule has 128 valence electrons. The highest BCUT2D eigenvalue weighted by molar-refractivity contribution is 8.27. The number of carbonyl (C=O) groups excluding carboxylic acids is 1. The Bertz CT molecular complexity index is 830. The molecule has 0 spiro atoms. The molecule has 1 fully saturated rings. The molecule has 2 nitrogen and oxygen atoms in total. The molecule has 1 aliphatic rings. The van der Waals surface area contributed by atoms with Gasteiger partial charge in [0.1, 0.15) is 0 Å². The minimum atomic E-state index is -0.101. The fourth-order valence-electron chi connectivity index (χ4n) is 2.62. The molecule has 0 N–H and O–H groups in total. The molecule has 1 aliphatic heterocycles. The topological polar surface area (TPSA) is 20.3 Å². The summed E-state index contributed by atoms with van der Waals surface area (Å²) < 4.78 is 0.546. The summed E-state index contributed by atoms with van der Waals surface area (Å²) in [6, 6.07) is 15.5. The predicted octanol–water partition coefficient (Wildman–Crippen LogP) is 6.09. The van der Waals surface area contributed by atoms with E-state index in [0.717, 1.165) is 17.7 Å². The highest BCUT2D eigenvalue weighted by Gasteiger charge is 2.33. The van der Waals surface area contributed by atoms with Crippen LogP contribution in [0.1, 0.15) is 30.9 Å². The van der Waals surface area contributed by atoms with Crippen LogP contribution in [0.2, 0.25) is 5.02 Å². The van der Waals surface area contributed by atoms with Crippen LogP contribution in [0, 0.1) is 0 Å². The molecule has 0 aromatic heterocycles. The molecule has 0 saturated carbocycles. The molecular formula is C20H18ClNOS2. The van der Waals surface area contributed by atoms with Crippen molar-refractivity contribution in [2.24, 2.45) is 0 Å². The Hall–Kier alpha value is -1.62. The third-order valence-corrected chi connectivity index (χ3v) is 5.65. The molecule has 25 heavy (non-hydrogen) atoms. The van der Waals surface area contributed by atoms with Gasteiger partial charge in [0.15, 0.2) is 4.32 Å². The van der Waals surface area contributed by atoms with Gasteiger partial charge in [-0.25, -0.2) is 0 Å². The normalized spacial score (nSPS) is 16.1. The van der Waals surface area contributed by atoms with Crippen LogP contribution < -0.4 is 4.90 Å². The van der Waals surface area contributed by atoms with Crippen molar-refractivity contribution >= 4 is 57.6 Å². The van der Waals surface area contributed by atoms with Crippen LogP contribution >= 0.6 is 35.6 Å². The standard InChI is InChI=1S/C20H18ClNOS2/c1-2-3-6-14-9-11-16(12-10-14)22-19(23)18(25-20(22)24)13-15-7-4-5-8-17(15)21/h4-5,7-13H,2-3,6H2,1H3. The smallest absolute Gasteiger partial charge is 0.268 e. The second-order valence-corrected chi connectivity index (χ2v) is 7.89. The van der Waals surface area contributed by atoms with Gasteiger partial charge in [0.05, 0.1) is 10.6 Å². The van der Waals surface area contributed by atoms with Crippen LogP contribution in [0.25, 0.3) is 6.08 Å². The van der Waals surface area contributed by atoms with Gasteiger partial charge >= 0.3 is 0 Å². The number of benzene rings is 2. The zero-order valence-corrected chi connectivity index (χ0v) is 16.3. The maximum absolute atomic E-state index is 12.8. The lowest BCUT2D eigenvalue weighted by Crippen LogP contribution is -2.27. The fourth-order valence-corrected chi connectivity index (χ4v) is 4.10. The lowest BCUT2D eigenvalue weighted by molar-refractivity contribution is -0.113. The molecule has 0 atom stereocenters. The summed E-state index contributed by atoms with van der Waals surface area (Å²) in [5, 5.41) is 0.619. The van der Waals surface area contributed by atoms with Gasteiger partial charge in [-0.15, -0.1) is 0 Å². The Balaban J connectivity index is 1.83. The molecule has 0 aliphatic carbocycles. The molecule has 2 aromatic rings. The highest BCUT2D eigenvalue weighted by atomic mass is 35.5. The molecule has 0 bridgehead atoms. The molecule has 3 rings (SSSR count). The van der Waals surface area contributed by atoms with Gasteiger partial charge in [0, 0.05) is 5.02 Å². The third kappa shape index (κ3) is 4.14. The highest BCUT2D eigenvalue weighted by Crippen LogP contribution is 2.36. The minimum absolute atomic E-state index is 0.101. The van der Waals surface area contributed by atoms with Gasteiger partial charge in [-0.3, -0.25) is 9.69 Å². The van der Waals surface area contributed by atoms with E-state index in [1.807, 2.05) is 36.4 Å². The minimum Gasteiger partial charge on any atom is -0.268 e. The maximum atomic E-state index is 12.8. The molecule has 1 heterocycles. The number of aryl methyl sites for hydroxylation is 1. The number of halogens is 1. The van der Waals surface area contributed by atoms with Crippen molar-refractivity contribution in [3.63, 3.8) is 0 Å². The number of thioether (sulfide) groups is 1. The molecule has 2 aromatic carbocycles. The van der Waals surface area contributed by atoms with E-state index in [9.17, 15) is 4.79 Å². The van der Waals surface area contributed by atoms with E-state index in [1.165, 1.54) is 30.2 Å². The number of carbonyl (C=O) groups is 1. The van der Waals surface area contributed by atoms with E-state index in [-0.39, 0.29) is 5.91 Å². The van der Waals surface area contributed by atoms with Crippen molar-refractivity contribution in [2.75, 3.05) is 4.90 Å². The second kappa shape index (κ2) is 8.17. The van der Waals surface area contributed by atoms with Crippen molar-refractivity contribution in [1.29, 1.82) is 0 Å². The van der Waals surface area contributed by atoms with E-state index in [4.69, 9.17) is 23.8 Å². The van der Waals surface area contributed by atoms with E-state index in [2.05, 4.69) is 19.1 Å². The van der Waals surface area contributed by atoms with Gasteiger partial charge < -0.3 is 0 Å². The zero-order chi connectivity index (χ0) is 17.8. The summed E-state index contributed by atoms with van der Waals surface area (Å²) in [6.07, 6.45) is 5.20. The lowest BCUT2D eigenvalue weighted by Gasteiger charge is -2.15. The van der Waals surface area contributed by atoms with Crippen molar-refractivity contribution in [3.05, 3.63) is 69.6 Å². The van der Waals surface area contributed by atoms with Crippen molar-refractivity contribution in [1.82, 2.24) is 0 Å². The Kier molecular flexibility index (Phi) is 5.94. The first kappa shape index (κ1) is 18.2. The average Bonchev–Trinajstić information content (AvgIpc) is 2.89. The molecular weight excluding hydrogens is 370 g/mol. The van der Waals surface area contributed by atoms with Crippen LogP contribution in [0.4, 0.5) is 5.69 Å². The van der Waals surface area contributed by atoms with Crippen LogP contribution in [0.5, 0.6) is 0 Å². The van der Waals surface area contributed by atoms with Gasteiger partial charge in [0.2, 0.25) is 0 Å². The number of anilines is 1. The monoisotopic (exact) mass is 387 g/mol. The summed E-state index contributed by atoms with van der Waals surface area (Å²) in [6.45, 7) is 2.18. The van der Waals surface area contributed by atoms with E-state index >= 15 is 0 Å². The fraction of sp³-hybridized carbons (Fsp3) is 0.200. The number of hydrogen-bond acceptors (Lipinski definition) is 3. The number of thiocarbonyl (C=S) groups is 1. The van der Waals surface area contributed by atoms with Crippen LogP contribution in [-0.2, 0) is 11.2 Å². The number of hydrogen-bond donors (Lipinski definition) is 0. The van der Waals surface area contributed by atoms with E-state index in [1.54, 1.807) is 11.0 Å². The van der Waals surface area contributed by atoms with Gasteiger partial charge in [0.25, 0.3) is 5.91 Å². The predicted molar refractivity (Wildman–Crippen MR) is 112 cm³/mol. The van der Waals surface area contributed by atoms with Crippen molar-refractivity contribution < 1.29 is 4.79 Å². The van der Waals surface area contributed by atoms with Crippen LogP contribution in [0.3, 0.4) is 0 Å². The van der Waals surface area contributed by atoms with E-state index < -0.39 is 0 Å². The number of rotatable bonds is 5. The Morgan fingerprint density at radius 2 is 1.88 bits per heavy atom. The number of unbranched alkanes of at least 4 members (excludes halogenated alkanes) is 1. The first-order chi connectivity index (χ1) is 12.1. The van der Waals surface area contributed by atoms with Crippen LogP contribution in [0.15, 0.2) is 53.4 Å². The SMILES string of the molecule is CCCCc1ccc(N2C(=O)C(=Cc3ccccc3Cl)SC2=S)cc1. The summed E-state index contributed by atoms with van der Waals surface area (Å²) in [7, 11) is 0. The lowest BCUT2D eigenvalue weighted by atomic mass is 10.1. The van der Waals surface area contributed by atoms with Gasteiger partial charge in [-0.2, -0.15) is 0 Å². The Morgan fingerprint density at radius 3 is 2.56 bits per heavy atom. The largest absolute Gasteiger partial charge is 0.270 e. The van der Waals surface area contributed by atoms with Gasteiger partial charge in [-0.05, 0) is 48.2 Å². The maximum Gasteiger partial charge on any atom is 0.270 e. The quantitative estimate of drug-likeness (QED) is 0.457. The molecule has 1 amide bonds. The first-order valence-corrected chi connectivity index (χ1v) is 9.82. The average molecular weight is 388 g/mol. The van der Waals surface area contributed by atoms with Gasteiger partial charge in [-0.1, -0.05) is 79.3 Å². The number of nitrogens with zero attached hydrogens (tertiary/aromatic N) is 1. The summed E-state index contributed by atoms with van der Waals surface area (Å²) >= 11 is 12.9. The van der Waals surface area contributed by atoms with Crippen LogP contribution in [-0.4, -0.2) is 10.2 Å². The van der Waals surface area contributed by atoms with Crippen molar-refractivity contribution in [3.8, 4) is 0 Å². The molecule has 1 saturated heterocycles. The summed E-state index contributed by atoms with van der Waals surface area (Å²) in [4.78, 5) is 15.0. The zero-order valence-electron chi connectivity index (χ0n) is 13.9. The second-order valence-electron chi connectivity index (χ2n) is 5.81. The first-order valence-electron chi connectivity index (χ1n) is 8.21.